The largest absolute Gasteiger partial charge is 0.304 e. The number of aromatic nitrogens is 1. The third-order valence-corrected chi connectivity index (χ3v) is 4.57. The molecule has 0 saturated carbocycles. The Morgan fingerprint density at radius 2 is 1.48 bits per heavy atom. The summed E-state index contributed by atoms with van der Waals surface area (Å²) < 4.78 is 0. The predicted octanol–water partition coefficient (Wildman–Crippen LogP) is 5.39. The number of para-hydroxylation sites is 2. The molecule has 0 fully saturated rings. The van der Waals surface area contributed by atoms with E-state index in [0.29, 0.717) is 12.1 Å². The number of hydrogen-bond acceptors (Lipinski definition) is 2. The topological polar surface area (TPSA) is 33.2 Å². The summed E-state index contributed by atoms with van der Waals surface area (Å²) in [6.07, 6.45) is 0. The number of aryl methyl sites for hydroxylation is 1. The molecular weight excluding hydrogens is 332 g/mol. The first-order valence-corrected chi connectivity index (χ1v) is 8.99. The summed E-state index contributed by atoms with van der Waals surface area (Å²) in [7, 11) is 0. The van der Waals surface area contributed by atoms with E-state index in [1.54, 1.807) is 0 Å². The van der Waals surface area contributed by atoms with E-state index in [1.807, 2.05) is 103 Å². The normalized spacial score (nSPS) is 10.7. The Labute approximate surface area is 158 Å². The van der Waals surface area contributed by atoms with Gasteiger partial charge in [0.25, 0.3) is 5.91 Å². The zero-order valence-corrected chi connectivity index (χ0v) is 15.2. The lowest BCUT2D eigenvalue weighted by atomic mass is 10.1. The van der Waals surface area contributed by atoms with Gasteiger partial charge in [0, 0.05) is 16.8 Å². The highest BCUT2D eigenvalue weighted by Crippen LogP contribution is 2.24. The Kier molecular flexibility index (Phi) is 4.67. The van der Waals surface area contributed by atoms with Gasteiger partial charge in [0.15, 0.2) is 0 Å². The van der Waals surface area contributed by atoms with Gasteiger partial charge in [-0.2, -0.15) is 0 Å². The SMILES string of the molecule is Cc1cc(C(=O)N(Cc2ccccc2)c2ccccc2)c2ccccc2n1. The molecule has 4 aromatic rings. The van der Waals surface area contributed by atoms with E-state index >= 15 is 0 Å². The van der Waals surface area contributed by atoms with Crippen LogP contribution in [0.2, 0.25) is 0 Å². The molecule has 3 aromatic carbocycles. The summed E-state index contributed by atoms with van der Waals surface area (Å²) in [5.41, 5.74) is 4.32. The van der Waals surface area contributed by atoms with Crippen LogP contribution in [-0.4, -0.2) is 10.9 Å². The van der Waals surface area contributed by atoms with Crippen LogP contribution in [0.5, 0.6) is 0 Å². The third-order valence-electron chi connectivity index (χ3n) is 4.57. The summed E-state index contributed by atoms with van der Waals surface area (Å²) in [5.74, 6) is -0.0215. The van der Waals surface area contributed by atoms with Crippen LogP contribution in [0.1, 0.15) is 21.6 Å². The number of fused-ring (bicyclic) bond motifs is 1. The van der Waals surface area contributed by atoms with Gasteiger partial charge in [0.05, 0.1) is 17.6 Å². The lowest BCUT2D eigenvalue weighted by Gasteiger charge is -2.24. The van der Waals surface area contributed by atoms with Crippen molar-refractivity contribution in [3.8, 4) is 0 Å². The number of rotatable bonds is 4. The van der Waals surface area contributed by atoms with E-state index in [4.69, 9.17) is 0 Å². The van der Waals surface area contributed by atoms with Crippen molar-refractivity contribution in [2.45, 2.75) is 13.5 Å². The molecule has 0 bridgehead atoms. The molecule has 0 aliphatic heterocycles. The van der Waals surface area contributed by atoms with Crippen molar-refractivity contribution in [1.82, 2.24) is 4.98 Å². The lowest BCUT2D eigenvalue weighted by molar-refractivity contribution is 0.0986. The van der Waals surface area contributed by atoms with Crippen molar-refractivity contribution in [2.75, 3.05) is 4.90 Å². The van der Waals surface area contributed by atoms with Crippen molar-refractivity contribution in [3.63, 3.8) is 0 Å². The molecule has 0 radical (unpaired) electrons. The zero-order valence-electron chi connectivity index (χ0n) is 15.2. The number of benzene rings is 3. The molecule has 1 aromatic heterocycles. The van der Waals surface area contributed by atoms with Gasteiger partial charge in [-0.1, -0.05) is 66.7 Å². The third kappa shape index (κ3) is 3.58. The number of amides is 1. The highest BCUT2D eigenvalue weighted by atomic mass is 16.2. The van der Waals surface area contributed by atoms with Gasteiger partial charge in [-0.25, -0.2) is 0 Å². The number of carbonyl (C=O) groups is 1. The molecule has 0 N–H and O–H groups in total. The minimum atomic E-state index is -0.0215. The van der Waals surface area contributed by atoms with Gasteiger partial charge >= 0.3 is 0 Å². The maximum atomic E-state index is 13.6. The average Bonchev–Trinajstić information content (AvgIpc) is 2.72. The standard InChI is InChI=1S/C24H20N2O/c1-18-16-22(21-14-8-9-15-23(21)25-18)24(27)26(20-12-6-3-7-13-20)17-19-10-4-2-5-11-19/h2-16H,17H2,1H3. The molecule has 1 amide bonds. The number of hydrogen-bond donors (Lipinski definition) is 0. The second-order valence-electron chi connectivity index (χ2n) is 6.54. The van der Waals surface area contributed by atoms with Crippen molar-refractivity contribution in [1.29, 1.82) is 0 Å². The van der Waals surface area contributed by atoms with Crippen LogP contribution in [0.15, 0.2) is 91.0 Å². The second-order valence-corrected chi connectivity index (χ2v) is 6.54. The van der Waals surface area contributed by atoms with E-state index in [9.17, 15) is 4.79 Å². The van der Waals surface area contributed by atoms with Gasteiger partial charge in [-0.05, 0) is 36.8 Å². The predicted molar refractivity (Wildman–Crippen MR) is 110 cm³/mol. The average molecular weight is 352 g/mol. The highest BCUT2D eigenvalue weighted by molar-refractivity contribution is 6.13. The molecule has 4 rings (SSSR count). The second kappa shape index (κ2) is 7.42. The zero-order chi connectivity index (χ0) is 18.6. The molecule has 0 spiro atoms. The first-order valence-electron chi connectivity index (χ1n) is 8.99. The van der Waals surface area contributed by atoms with Crippen LogP contribution in [0.25, 0.3) is 10.9 Å². The summed E-state index contributed by atoms with van der Waals surface area (Å²) in [6, 6.07) is 29.5. The maximum Gasteiger partial charge on any atom is 0.259 e. The molecule has 0 saturated heterocycles. The number of anilines is 1. The maximum absolute atomic E-state index is 13.6. The van der Waals surface area contributed by atoms with Crippen LogP contribution in [0, 0.1) is 6.92 Å². The lowest BCUT2D eigenvalue weighted by Crippen LogP contribution is -2.30. The first-order chi connectivity index (χ1) is 13.2. The molecule has 132 valence electrons. The molecule has 0 atom stereocenters. The first kappa shape index (κ1) is 17.0. The monoisotopic (exact) mass is 352 g/mol. The van der Waals surface area contributed by atoms with Crippen LogP contribution in [0.3, 0.4) is 0 Å². The molecule has 0 aliphatic rings. The smallest absolute Gasteiger partial charge is 0.259 e. The fourth-order valence-electron chi connectivity index (χ4n) is 3.28. The van der Waals surface area contributed by atoms with Crippen LogP contribution < -0.4 is 4.90 Å². The Balaban J connectivity index is 1.82. The molecule has 0 aliphatic carbocycles. The molecule has 0 unspecified atom stereocenters. The van der Waals surface area contributed by atoms with Gasteiger partial charge in [0.1, 0.15) is 0 Å². The molecular formula is C24H20N2O. The summed E-state index contributed by atoms with van der Waals surface area (Å²) in [5, 5.41) is 0.877. The van der Waals surface area contributed by atoms with Crippen molar-refractivity contribution >= 4 is 22.5 Å². The van der Waals surface area contributed by atoms with E-state index in [1.165, 1.54) is 0 Å². The van der Waals surface area contributed by atoms with Crippen molar-refractivity contribution in [2.24, 2.45) is 0 Å². The summed E-state index contributed by atoms with van der Waals surface area (Å²) in [4.78, 5) is 20.0. The van der Waals surface area contributed by atoms with Gasteiger partial charge in [-0.3, -0.25) is 9.78 Å². The van der Waals surface area contributed by atoms with Gasteiger partial charge in [-0.15, -0.1) is 0 Å². The minimum absolute atomic E-state index is 0.0215. The minimum Gasteiger partial charge on any atom is -0.304 e. The van der Waals surface area contributed by atoms with Gasteiger partial charge in [0.2, 0.25) is 0 Å². The highest BCUT2D eigenvalue weighted by Gasteiger charge is 2.21. The molecule has 3 nitrogen and oxygen atoms in total. The molecule has 3 heteroatoms. The Bertz CT molecular complexity index is 1080. The van der Waals surface area contributed by atoms with Gasteiger partial charge < -0.3 is 4.90 Å². The quantitative estimate of drug-likeness (QED) is 0.493. The van der Waals surface area contributed by atoms with Crippen molar-refractivity contribution in [3.05, 3.63) is 108 Å². The summed E-state index contributed by atoms with van der Waals surface area (Å²) >= 11 is 0. The van der Waals surface area contributed by atoms with Crippen molar-refractivity contribution < 1.29 is 4.79 Å². The Hall–Kier alpha value is -3.46. The van der Waals surface area contributed by atoms with E-state index in [2.05, 4.69) is 4.98 Å². The molecule has 27 heavy (non-hydrogen) atoms. The fraction of sp³-hybridized carbons (Fsp3) is 0.0833. The number of nitrogens with zero attached hydrogens (tertiary/aromatic N) is 2. The van der Waals surface area contributed by atoms with Crippen LogP contribution >= 0.6 is 0 Å². The Morgan fingerprint density at radius 3 is 2.22 bits per heavy atom. The fourth-order valence-corrected chi connectivity index (χ4v) is 3.28. The number of pyridine rings is 1. The van der Waals surface area contributed by atoms with E-state index < -0.39 is 0 Å². The van der Waals surface area contributed by atoms with E-state index in [0.717, 1.165) is 27.8 Å². The Morgan fingerprint density at radius 1 is 0.852 bits per heavy atom. The number of carbonyl (C=O) groups excluding carboxylic acids is 1. The van der Waals surface area contributed by atoms with Crippen LogP contribution in [-0.2, 0) is 6.54 Å². The van der Waals surface area contributed by atoms with Crippen LogP contribution in [0.4, 0.5) is 5.69 Å². The van der Waals surface area contributed by atoms with E-state index in [-0.39, 0.29) is 5.91 Å². The summed E-state index contributed by atoms with van der Waals surface area (Å²) in [6.45, 7) is 2.44. The molecule has 1 heterocycles.